The Morgan fingerprint density at radius 1 is 1.44 bits per heavy atom. The van der Waals surface area contributed by atoms with Crippen molar-refractivity contribution in [2.45, 2.75) is 26.3 Å². The van der Waals surface area contributed by atoms with Crippen LogP contribution in [0.3, 0.4) is 0 Å². The molecule has 0 spiro atoms. The van der Waals surface area contributed by atoms with Gasteiger partial charge >= 0.3 is 0 Å². The van der Waals surface area contributed by atoms with Gasteiger partial charge < -0.3 is 10.0 Å². The van der Waals surface area contributed by atoms with Crippen LogP contribution in [0.4, 0.5) is 0 Å². The molecule has 1 rings (SSSR count). The predicted octanol–water partition coefficient (Wildman–Crippen LogP) is -1.79. The normalized spacial score (nSPS) is 11.9. The first kappa shape index (κ1) is 12.4. The zero-order chi connectivity index (χ0) is 12.0. The Morgan fingerprint density at radius 2 is 2.06 bits per heavy atom. The highest BCUT2D eigenvalue weighted by Gasteiger charge is 2.16. The summed E-state index contributed by atoms with van der Waals surface area (Å²) in [4.78, 5) is 21.4. The van der Waals surface area contributed by atoms with Crippen molar-refractivity contribution < 1.29 is 9.59 Å². The van der Waals surface area contributed by atoms with Gasteiger partial charge in [0.2, 0.25) is 0 Å². The topological polar surface area (TPSA) is 97.7 Å². The van der Waals surface area contributed by atoms with Crippen molar-refractivity contribution in [3.63, 3.8) is 0 Å². The van der Waals surface area contributed by atoms with Crippen molar-refractivity contribution in [1.29, 1.82) is 0 Å². The molecule has 0 fully saturated rings. The maximum absolute atomic E-state index is 11.2. The Balaban J connectivity index is 2.63. The fraction of sp³-hybridized carbons (Fsp3) is 0.500. The van der Waals surface area contributed by atoms with E-state index in [4.69, 9.17) is 0 Å². The average Bonchev–Trinajstić information content (AvgIpc) is 2.26. The SMILES string of the molecule is CC(=O)C(Cc1nnc(C)nn1)NBC=O. The highest BCUT2D eigenvalue weighted by molar-refractivity contribution is 6.64. The lowest BCUT2D eigenvalue weighted by Crippen LogP contribution is -2.40. The molecule has 0 saturated carbocycles. The highest BCUT2D eigenvalue weighted by Crippen LogP contribution is 1.95. The summed E-state index contributed by atoms with van der Waals surface area (Å²) < 4.78 is 0. The van der Waals surface area contributed by atoms with Gasteiger partial charge in [0, 0.05) is 6.42 Å². The van der Waals surface area contributed by atoms with Gasteiger partial charge in [-0.25, -0.2) is 0 Å². The summed E-state index contributed by atoms with van der Waals surface area (Å²) in [5.41, 5.74) is 0. The third-order valence-electron chi connectivity index (χ3n) is 1.95. The molecule has 8 heteroatoms. The number of nitrogens with zero attached hydrogens (tertiary/aromatic N) is 4. The quantitative estimate of drug-likeness (QED) is 0.447. The Labute approximate surface area is 93.3 Å². The fourth-order valence-electron chi connectivity index (χ4n) is 1.11. The maximum Gasteiger partial charge on any atom is 0.278 e. The van der Waals surface area contributed by atoms with Gasteiger partial charge in [-0.3, -0.25) is 4.79 Å². The van der Waals surface area contributed by atoms with E-state index in [2.05, 4.69) is 25.6 Å². The second-order valence-corrected chi connectivity index (χ2v) is 3.31. The molecule has 1 unspecified atom stereocenters. The lowest BCUT2D eigenvalue weighted by molar-refractivity contribution is -0.118. The van der Waals surface area contributed by atoms with Crippen LogP contribution >= 0.6 is 0 Å². The number of aromatic nitrogens is 4. The zero-order valence-corrected chi connectivity index (χ0v) is 9.17. The molecule has 1 aromatic heterocycles. The zero-order valence-electron chi connectivity index (χ0n) is 9.17. The van der Waals surface area contributed by atoms with Crippen LogP contribution in [0, 0.1) is 6.92 Å². The van der Waals surface area contributed by atoms with Gasteiger partial charge in [0.25, 0.3) is 7.41 Å². The molecule has 1 aromatic rings. The van der Waals surface area contributed by atoms with E-state index in [1.807, 2.05) is 0 Å². The predicted molar refractivity (Wildman–Crippen MR) is 57.6 cm³/mol. The fourth-order valence-corrected chi connectivity index (χ4v) is 1.11. The van der Waals surface area contributed by atoms with Gasteiger partial charge in [-0.05, 0) is 13.8 Å². The van der Waals surface area contributed by atoms with Crippen molar-refractivity contribution in [1.82, 2.24) is 25.6 Å². The smallest absolute Gasteiger partial charge is 0.278 e. The minimum absolute atomic E-state index is 0.0778. The molecule has 0 aliphatic carbocycles. The van der Waals surface area contributed by atoms with Crippen LogP contribution in [0.5, 0.6) is 0 Å². The molecule has 0 radical (unpaired) electrons. The van der Waals surface area contributed by atoms with Crippen LogP contribution < -0.4 is 5.23 Å². The summed E-state index contributed by atoms with van der Waals surface area (Å²) >= 11 is 0. The molecular weight excluding hydrogens is 209 g/mol. The number of aryl methyl sites for hydroxylation is 1. The number of nitrogens with one attached hydrogen (secondary N) is 1. The van der Waals surface area contributed by atoms with E-state index in [-0.39, 0.29) is 19.6 Å². The number of rotatable bonds is 6. The van der Waals surface area contributed by atoms with Crippen LogP contribution in [0.1, 0.15) is 18.6 Å². The number of carbonyl (C=O) groups excluding carboxylic acids is 2. The summed E-state index contributed by atoms with van der Waals surface area (Å²) in [6.07, 6.45) is 0.978. The third kappa shape index (κ3) is 3.81. The number of carbonyl (C=O) groups is 2. The van der Waals surface area contributed by atoms with Gasteiger partial charge in [0.1, 0.15) is 5.78 Å². The minimum Gasteiger partial charge on any atom is -0.343 e. The van der Waals surface area contributed by atoms with Crippen LogP contribution in [0.15, 0.2) is 0 Å². The molecule has 1 N–H and O–H groups in total. The highest BCUT2D eigenvalue weighted by atomic mass is 16.1. The van der Waals surface area contributed by atoms with E-state index >= 15 is 0 Å². The molecule has 0 bridgehead atoms. The van der Waals surface area contributed by atoms with Crippen molar-refractivity contribution in [3.8, 4) is 0 Å². The van der Waals surface area contributed by atoms with Crippen LogP contribution in [0.2, 0.25) is 0 Å². The molecule has 84 valence electrons. The molecule has 16 heavy (non-hydrogen) atoms. The molecule has 0 aliphatic rings. The van der Waals surface area contributed by atoms with Gasteiger partial charge in [0.15, 0.2) is 11.6 Å². The molecule has 1 heterocycles. The second kappa shape index (κ2) is 6.01. The molecule has 0 aromatic carbocycles. The number of Topliss-reactive ketones (excluding diaryl/α,β-unsaturated/α-hetero) is 1. The Hall–Kier alpha value is -1.70. The van der Waals surface area contributed by atoms with Crippen LogP contribution in [0.25, 0.3) is 0 Å². The van der Waals surface area contributed by atoms with Gasteiger partial charge in [0.05, 0.1) is 12.2 Å². The van der Waals surface area contributed by atoms with Gasteiger partial charge in [-0.2, -0.15) is 0 Å². The Kier molecular flexibility index (Phi) is 4.65. The first-order chi connectivity index (χ1) is 7.63. The summed E-state index contributed by atoms with van der Waals surface area (Å²) in [7, 11) is 0.122. The van der Waals surface area contributed by atoms with Crippen LogP contribution in [-0.2, 0) is 16.0 Å². The molecule has 0 aliphatic heterocycles. The average molecular weight is 221 g/mol. The minimum atomic E-state index is -0.475. The lowest BCUT2D eigenvalue weighted by atomic mass is 9.94. The van der Waals surface area contributed by atoms with Crippen molar-refractivity contribution in [2.24, 2.45) is 0 Å². The molecular formula is C8H12BN5O2. The summed E-state index contributed by atoms with van der Waals surface area (Å²) in [6, 6.07) is -0.475. The molecule has 0 saturated heterocycles. The van der Waals surface area contributed by atoms with E-state index < -0.39 is 6.04 Å². The number of hydrogen-bond donors (Lipinski definition) is 1. The van der Waals surface area contributed by atoms with Crippen molar-refractivity contribution >= 4 is 19.4 Å². The summed E-state index contributed by atoms with van der Waals surface area (Å²) in [5, 5.41) is 17.9. The second-order valence-electron chi connectivity index (χ2n) is 3.31. The lowest BCUT2D eigenvalue weighted by Gasteiger charge is -2.11. The van der Waals surface area contributed by atoms with Gasteiger partial charge in [-0.15, -0.1) is 20.4 Å². The number of hydrogen-bond acceptors (Lipinski definition) is 7. The Morgan fingerprint density at radius 3 is 2.56 bits per heavy atom. The third-order valence-corrected chi connectivity index (χ3v) is 1.95. The van der Waals surface area contributed by atoms with Gasteiger partial charge in [-0.1, -0.05) is 0 Å². The largest absolute Gasteiger partial charge is 0.343 e. The molecule has 1 atom stereocenters. The first-order valence-electron chi connectivity index (χ1n) is 4.84. The monoisotopic (exact) mass is 221 g/mol. The van der Waals surface area contributed by atoms with Crippen molar-refractivity contribution in [3.05, 3.63) is 11.6 Å². The van der Waals surface area contributed by atoms with Crippen molar-refractivity contribution in [2.75, 3.05) is 0 Å². The number of ketones is 1. The first-order valence-corrected chi connectivity index (χ1v) is 4.84. The van der Waals surface area contributed by atoms with E-state index in [0.29, 0.717) is 17.8 Å². The maximum atomic E-state index is 11.2. The molecule has 7 nitrogen and oxygen atoms in total. The van der Waals surface area contributed by atoms with E-state index in [0.717, 1.165) is 0 Å². The summed E-state index contributed by atoms with van der Waals surface area (Å²) in [5.74, 6) is 0.777. The van der Waals surface area contributed by atoms with E-state index in [1.165, 1.54) is 6.92 Å². The van der Waals surface area contributed by atoms with E-state index in [1.54, 1.807) is 6.92 Å². The van der Waals surface area contributed by atoms with E-state index in [9.17, 15) is 9.59 Å². The Bertz CT molecular complexity index is 369. The molecule has 0 amide bonds. The standard InChI is InChI=1S/C8H12BN5O2/c1-5(16)7(10-9-4-15)3-8-13-11-6(2)12-14-8/h4,7,9-10H,3H2,1-2H3. The summed E-state index contributed by atoms with van der Waals surface area (Å²) in [6.45, 7) is 3.12. The van der Waals surface area contributed by atoms with Crippen LogP contribution in [-0.4, -0.2) is 45.8 Å².